The summed E-state index contributed by atoms with van der Waals surface area (Å²) in [6.07, 6.45) is 0.572. The number of sulfonamides is 1. The zero-order chi connectivity index (χ0) is 12.2. The molecule has 0 saturated heterocycles. The zero-order valence-electron chi connectivity index (χ0n) is 8.21. The topological polar surface area (TPSA) is 46.2 Å². The van der Waals surface area contributed by atoms with Crippen LogP contribution in [0.15, 0.2) is 23.1 Å². The van der Waals surface area contributed by atoms with Crippen molar-refractivity contribution in [3.05, 3.63) is 28.2 Å². The van der Waals surface area contributed by atoms with Gasteiger partial charge < -0.3 is 0 Å². The minimum absolute atomic E-state index is 0.0940. The first-order valence-corrected chi connectivity index (χ1v) is 7.25. The molecule has 0 bridgehead atoms. The predicted octanol–water partition coefficient (Wildman–Crippen LogP) is 2.90. The molecule has 0 aliphatic carbocycles. The molecule has 0 heterocycles. The molecular formula is C9H10Cl3NO2S. The van der Waals surface area contributed by atoms with Crippen LogP contribution >= 0.6 is 34.8 Å². The molecule has 7 heteroatoms. The molecule has 1 rings (SSSR count). The van der Waals surface area contributed by atoms with Crippen LogP contribution in [0.25, 0.3) is 0 Å². The molecule has 0 spiro atoms. The number of hydrogen-bond acceptors (Lipinski definition) is 2. The van der Waals surface area contributed by atoms with Crippen LogP contribution in [0, 0.1) is 0 Å². The zero-order valence-corrected chi connectivity index (χ0v) is 11.3. The van der Waals surface area contributed by atoms with E-state index in [-0.39, 0.29) is 9.92 Å². The van der Waals surface area contributed by atoms with Gasteiger partial charge in [0.1, 0.15) is 0 Å². The van der Waals surface area contributed by atoms with Gasteiger partial charge in [-0.25, -0.2) is 13.1 Å². The van der Waals surface area contributed by atoms with Gasteiger partial charge in [0.2, 0.25) is 10.0 Å². The molecule has 0 radical (unpaired) electrons. The molecule has 0 aliphatic heterocycles. The summed E-state index contributed by atoms with van der Waals surface area (Å²) in [6, 6.07) is 4.16. The van der Waals surface area contributed by atoms with Crippen molar-refractivity contribution in [3.63, 3.8) is 0 Å². The van der Waals surface area contributed by atoms with Gasteiger partial charge in [0, 0.05) is 12.4 Å². The van der Waals surface area contributed by atoms with E-state index in [4.69, 9.17) is 34.8 Å². The minimum atomic E-state index is -3.52. The van der Waals surface area contributed by atoms with Gasteiger partial charge in [-0.3, -0.25) is 0 Å². The lowest BCUT2D eigenvalue weighted by Gasteiger charge is -2.06. The van der Waals surface area contributed by atoms with Gasteiger partial charge in [-0.2, -0.15) is 0 Å². The Labute approximate surface area is 110 Å². The molecule has 1 N–H and O–H groups in total. The number of alkyl halides is 1. The first-order valence-electron chi connectivity index (χ1n) is 4.48. The quantitative estimate of drug-likeness (QED) is 0.671. The summed E-state index contributed by atoms with van der Waals surface area (Å²) in [5.41, 5.74) is 0. The molecule has 0 atom stereocenters. The Bertz CT molecular complexity index is 462. The van der Waals surface area contributed by atoms with Crippen LogP contribution in [0.4, 0.5) is 0 Å². The van der Waals surface area contributed by atoms with E-state index >= 15 is 0 Å². The summed E-state index contributed by atoms with van der Waals surface area (Å²) in [5, 5.41) is 0.531. The molecule has 1 aromatic carbocycles. The highest BCUT2D eigenvalue weighted by Gasteiger charge is 2.14. The molecule has 0 aromatic heterocycles. The van der Waals surface area contributed by atoms with Crippen LogP contribution in [-0.2, 0) is 10.0 Å². The third-order valence-electron chi connectivity index (χ3n) is 1.80. The van der Waals surface area contributed by atoms with Gasteiger partial charge in [0.25, 0.3) is 0 Å². The van der Waals surface area contributed by atoms with Gasteiger partial charge in [0.15, 0.2) is 0 Å². The SMILES string of the molecule is O=S(=O)(NCCCCl)c1ccc(Cl)c(Cl)c1. The lowest BCUT2D eigenvalue weighted by atomic mass is 10.4. The van der Waals surface area contributed by atoms with Gasteiger partial charge in [-0.15, -0.1) is 11.6 Å². The lowest BCUT2D eigenvalue weighted by molar-refractivity contribution is 0.581. The molecule has 3 nitrogen and oxygen atoms in total. The first-order chi connectivity index (χ1) is 7.47. The number of hydrogen-bond donors (Lipinski definition) is 1. The standard InChI is InChI=1S/C9H10Cl3NO2S/c10-4-1-5-13-16(14,15)7-2-3-8(11)9(12)6-7/h2-3,6,13H,1,4-5H2. The van der Waals surface area contributed by atoms with Gasteiger partial charge in [0.05, 0.1) is 14.9 Å². The van der Waals surface area contributed by atoms with E-state index in [1.807, 2.05) is 0 Å². The largest absolute Gasteiger partial charge is 0.240 e. The van der Waals surface area contributed by atoms with E-state index < -0.39 is 10.0 Å². The molecule has 90 valence electrons. The summed E-state index contributed by atoms with van der Waals surface area (Å²) in [6.45, 7) is 0.298. The highest BCUT2D eigenvalue weighted by atomic mass is 35.5. The van der Waals surface area contributed by atoms with Gasteiger partial charge in [-0.1, -0.05) is 23.2 Å². The smallest absolute Gasteiger partial charge is 0.211 e. The van der Waals surface area contributed by atoms with Crippen molar-refractivity contribution in [2.75, 3.05) is 12.4 Å². The van der Waals surface area contributed by atoms with Crippen LogP contribution in [0.1, 0.15) is 6.42 Å². The Kier molecular flexibility index (Phi) is 5.34. The van der Waals surface area contributed by atoms with Crippen molar-refractivity contribution in [1.82, 2.24) is 4.72 Å². The van der Waals surface area contributed by atoms with Crippen LogP contribution < -0.4 is 4.72 Å². The Morgan fingerprint density at radius 1 is 1.19 bits per heavy atom. The third-order valence-corrected chi connectivity index (χ3v) is 4.27. The number of nitrogens with one attached hydrogen (secondary N) is 1. The highest BCUT2D eigenvalue weighted by molar-refractivity contribution is 7.89. The van der Waals surface area contributed by atoms with Crippen molar-refractivity contribution in [2.24, 2.45) is 0 Å². The molecule has 1 aromatic rings. The van der Waals surface area contributed by atoms with E-state index in [0.29, 0.717) is 23.9 Å². The van der Waals surface area contributed by atoms with Crippen LogP contribution in [0.2, 0.25) is 10.0 Å². The average Bonchev–Trinajstić information content (AvgIpc) is 2.22. The van der Waals surface area contributed by atoms with E-state index in [0.717, 1.165) is 0 Å². The summed E-state index contributed by atoms with van der Waals surface area (Å²) in [7, 11) is -3.52. The molecular weight excluding hydrogens is 293 g/mol. The number of rotatable bonds is 5. The van der Waals surface area contributed by atoms with Crippen molar-refractivity contribution in [3.8, 4) is 0 Å². The molecule has 0 unspecified atom stereocenters. The van der Waals surface area contributed by atoms with E-state index in [1.54, 1.807) is 0 Å². The number of benzene rings is 1. The van der Waals surface area contributed by atoms with Gasteiger partial charge >= 0.3 is 0 Å². The molecule has 0 fully saturated rings. The Morgan fingerprint density at radius 2 is 1.88 bits per heavy atom. The fourth-order valence-electron chi connectivity index (χ4n) is 1.00. The van der Waals surface area contributed by atoms with Crippen LogP contribution in [0.3, 0.4) is 0 Å². The molecule has 0 aliphatic rings. The van der Waals surface area contributed by atoms with E-state index in [2.05, 4.69) is 4.72 Å². The summed E-state index contributed by atoms with van der Waals surface area (Å²) >= 11 is 16.9. The maximum Gasteiger partial charge on any atom is 0.240 e. The maximum absolute atomic E-state index is 11.7. The maximum atomic E-state index is 11.7. The summed E-state index contributed by atoms with van der Waals surface area (Å²) in [5.74, 6) is 0.407. The Hall–Kier alpha value is -0.000000000000000111. The molecule has 16 heavy (non-hydrogen) atoms. The second-order valence-electron chi connectivity index (χ2n) is 3.02. The van der Waals surface area contributed by atoms with E-state index in [1.165, 1.54) is 18.2 Å². The minimum Gasteiger partial charge on any atom is -0.211 e. The summed E-state index contributed by atoms with van der Waals surface area (Å²) in [4.78, 5) is 0.0940. The normalized spacial score (nSPS) is 11.7. The highest BCUT2D eigenvalue weighted by Crippen LogP contribution is 2.24. The van der Waals surface area contributed by atoms with Crippen LogP contribution in [0.5, 0.6) is 0 Å². The van der Waals surface area contributed by atoms with Crippen molar-refractivity contribution < 1.29 is 8.42 Å². The molecule has 0 saturated carbocycles. The second-order valence-corrected chi connectivity index (χ2v) is 5.98. The lowest BCUT2D eigenvalue weighted by Crippen LogP contribution is -2.25. The van der Waals surface area contributed by atoms with E-state index in [9.17, 15) is 8.42 Å². The third kappa shape index (κ3) is 3.79. The van der Waals surface area contributed by atoms with Crippen molar-refractivity contribution in [2.45, 2.75) is 11.3 Å². The molecule has 0 amide bonds. The average molecular weight is 303 g/mol. The summed E-state index contributed by atoms with van der Waals surface area (Å²) < 4.78 is 25.8. The first kappa shape index (κ1) is 14.1. The van der Waals surface area contributed by atoms with Crippen molar-refractivity contribution >= 4 is 44.8 Å². The van der Waals surface area contributed by atoms with Crippen molar-refractivity contribution in [1.29, 1.82) is 0 Å². The Balaban J connectivity index is 2.86. The predicted molar refractivity (Wildman–Crippen MR) is 67.0 cm³/mol. The fraction of sp³-hybridized carbons (Fsp3) is 0.333. The monoisotopic (exact) mass is 301 g/mol. The number of halogens is 3. The second kappa shape index (κ2) is 6.07. The fourth-order valence-corrected chi connectivity index (χ4v) is 2.60. The van der Waals surface area contributed by atoms with Gasteiger partial charge in [-0.05, 0) is 24.6 Å². The van der Waals surface area contributed by atoms with Crippen LogP contribution in [-0.4, -0.2) is 20.8 Å². The Morgan fingerprint density at radius 3 is 2.44 bits per heavy atom.